The van der Waals surface area contributed by atoms with Crippen LogP contribution in [0.15, 0.2) is 72.9 Å². The van der Waals surface area contributed by atoms with Crippen molar-refractivity contribution in [3.05, 3.63) is 101 Å². The zero-order valence-electron chi connectivity index (χ0n) is 22.9. The van der Waals surface area contributed by atoms with E-state index >= 15 is 4.39 Å². The Bertz CT molecular complexity index is 1720. The topological polar surface area (TPSA) is 89.2 Å². The first kappa shape index (κ1) is 27.1. The van der Waals surface area contributed by atoms with Gasteiger partial charge in [0.1, 0.15) is 23.1 Å². The molecule has 9 heteroatoms. The minimum Gasteiger partial charge on any atom is -0.457 e. The summed E-state index contributed by atoms with van der Waals surface area (Å²) in [5.74, 6) is 1.07. The molecule has 1 aliphatic heterocycles. The summed E-state index contributed by atoms with van der Waals surface area (Å²) < 4.78 is 22.5. The number of H-pyrrole nitrogens is 1. The molecule has 5 aromatic rings. The lowest BCUT2D eigenvalue weighted by Crippen LogP contribution is -2.37. The average Bonchev–Trinajstić information content (AvgIpc) is 3.56. The van der Waals surface area contributed by atoms with Gasteiger partial charge in [-0.1, -0.05) is 17.7 Å². The molecule has 0 radical (unpaired) electrons. The first-order chi connectivity index (χ1) is 19.8. The molecule has 1 fully saturated rings. The number of benzene rings is 3. The molecule has 7 nitrogen and oxygen atoms in total. The lowest BCUT2D eigenvalue weighted by molar-refractivity contribution is 0.103. The normalized spacial score (nSPS) is 14.7. The number of aromatic nitrogens is 3. The van der Waals surface area contributed by atoms with Crippen molar-refractivity contribution in [1.29, 1.82) is 0 Å². The summed E-state index contributed by atoms with van der Waals surface area (Å²) in [7, 11) is 0. The Kier molecular flexibility index (Phi) is 7.28. The third-order valence-electron chi connectivity index (χ3n) is 7.85. The first-order valence-corrected chi connectivity index (χ1v) is 14.1. The van der Waals surface area contributed by atoms with Crippen LogP contribution in [-0.4, -0.2) is 44.6 Å². The van der Waals surface area contributed by atoms with Crippen molar-refractivity contribution < 1.29 is 13.9 Å². The maximum atomic E-state index is 15.1. The number of nitrogens with one attached hydrogen (secondary N) is 1. The summed E-state index contributed by atoms with van der Waals surface area (Å²) in [5, 5.41) is 5.74. The number of ketones is 1. The minimum absolute atomic E-state index is 0.166. The highest BCUT2D eigenvalue weighted by molar-refractivity contribution is 6.30. The number of fused-ring (bicyclic) bond motifs is 1. The highest BCUT2D eigenvalue weighted by Gasteiger charge is 2.25. The van der Waals surface area contributed by atoms with E-state index in [1.165, 1.54) is 16.9 Å². The third kappa shape index (κ3) is 5.45. The van der Waals surface area contributed by atoms with E-state index in [2.05, 4.69) is 28.8 Å². The Balaban J connectivity index is 1.20. The Morgan fingerprint density at radius 2 is 1.83 bits per heavy atom. The molecule has 0 aliphatic carbocycles. The van der Waals surface area contributed by atoms with Crippen LogP contribution in [0.4, 0.5) is 10.2 Å². The number of halogens is 2. The summed E-state index contributed by atoms with van der Waals surface area (Å²) in [6.07, 6.45) is 3.29. The van der Waals surface area contributed by atoms with E-state index in [4.69, 9.17) is 22.1 Å². The van der Waals surface area contributed by atoms with Crippen LogP contribution in [0, 0.1) is 5.82 Å². The summed E-state index contributed by atoms with van der Waals surface area (Å²) >= 11 is 6.03. The zero-order valence-corrected chi connectivity index (χ0v) is 23.7. The number of aromatic amines is 1. The van der Waals surface area contributed by atoms with Gasteiger partial charge in [0.05, 0.1) is 23.1 Å². The standard InChI is InChI=1S/C32H31ClFN5O2/c1-19(2)38-12-10-20(11-13-38)26-14-21-15-30(37-29(21)17-28(26)34)31(40)27-18-36-39(32(27)35)23-6-8-24(9-7-23)41-25-5-3-4-22(33)16-25/h3-9,14-20,37H,10-13,35H2,1-2H3. The summed E-state index contributed by atoms with van der Waals surface area (Å²) in [6.45, 7) is 6.29. The van der Waals surface area contributed by atoms with Crippen molar-refractivity contribution in [3.8, 4) is 17.2 Å². The number of hydrogen-bond acceptors (Lipinski definition) is 5. The minimum atomic E-state index is -0.307. The van der Waals surface area contributed by atoms with E-state index in [0.29, 0.717) is 45.0 Å². The van der Waals surface area contributed by atoms with Gasteiger partial charge in [0.25, 0.3) is 0 Å². The predicted octanol–water partition coefficient (Wildman–Crippen LogP) is 7.34. The number of piperidine rings is 1. The van der Waals surface area contributed by atoms with Crippen molar-refractivity contribution in [1.82, 2.24) is 19.7 Å². The third-order valence-corrected chi connectivity index (χ3v) is 8.08. The molecule has 210 valence electrons. The van der Waals surface area contributed by atoms with Gasteiger partial charge >= 0.3 is 0 Å². The molecule has 6 rings (SSSR count). The number of likely N-dealkylation sites (tertiary alicyclic amines) is 1. The predicted molar refractivity (Wildman–Crippen MR) is 160 cm³/mol. The van der Waals surface area contributed by atoms with Gasteiger partial charge in [0, 0.05) is 22.0 Å². The first-order valence-electron chi connectivity index (χ1n) is 13.7. The maximum absolute atomic E-state index is 15.1. The van der Waals surface area contributed by atoms with E-state index in [-0.39, 0.29) is 28.9 Å². The smallest absolute Gasteiger partial charge is 0.214 e. The van der Waals surface area contributed by atoms with Crippen LogP contribution in [0.1, 0.15) is 54.2 Å². The number of ether oxygens (including phenoxy) is 1. The van der Waals surface area contributed by atoms with Crippen molar-refractivity contribution >= 4 is 34.1 Å². The molecule has 1 aliphatic rings. The maximum Gasteiger partial charge on any atom is 0.214 e. The van der Waals surface area contributed by atoms with Crippen LogP contribution in [0.2, 0.25) is 5.02 Å². The number of nitrogens with two attached hydrogens (primary N) is 1. The molecule has 0 bridgehead atoms. The lowest BCUT2D eigenvalue weighted by atomic mass is 9.88. The summed E-state index contributed by atoms with van der Waals surface area (Å²) in [5.41, 5.74) is 8.95. The number of carbonyl (C=O) groups excluding carboxylic acids is 1. The SMILES string of the molecule is CC(C)N1CCC(c2cc3cc(C(=O)c4cnn(-c5ccc(Oc6cccc(Cl)c6)cc5)c4N)[nH]c3cc2F)CC1. The Hall–Kier alpha value is -4.14. The second kappa shape index (κ2) is 11.0. The highest BCUT2D eigenvalue weighted by Crippen LogP contribution is 2.34. The van der Waals surface area contributed by atoms with Gasteiger partial charge in [-0.25, -0.2) is 9.07 Å². The van der Waals surface area contributed by atoms with Crippen LogP contribution in [0.5, 0.6) is 11.5 Å². The largest absolute Gasteiger partial charge is 0.457 e. The van der Waals surface area contributed by atoms with Crippen LogP contribution in [-0.2, 0) is 0 Å². The van der Waals surface area contributed by atoms with Crippen molar-refractivity contribution in [3.63, 3.8) is 0 Å². The van der Waals surface area contributed by atoms with E-state index in [0.717, 1.165) is 31.3 Å². The number of anilines is 1. The molecule has 0 spiro atoms. The number of nitrogen functional groups attached to an aromatic ring is 1. The molecule has 41 heavy (non-hydrogen) atoms. The molecular weight excluding hydrogens is 541 g/mol. The molecular formula is C32H31ClFN5O2. The Morgan fingerprint density at radius 1 is 1.07 bits per heavy atom. The molecule has 3 N–H and O–H groups in total. The molecule has 3 aromatic carbocycles. The quantitative estimate of drug-likeness (QED) is 0.199. The second-order valence-corrected chi connectivity index (χ2v) is 11.2. The molecule has 0 unspecified atom stereocenters. The molecule has 3 heterocycles. The fraction of sp³-hybridized carbons (Fsp3) is 0.250. The number of hydrogen-bond donors (Lipinski definition) is 2. The summed E-state index contributed by atoms with van der Waals surface area (Å²) in [4.78, 5) is 18.9. The van der Waals surface area contributed by atoms with Crippen molar-refractivity contribution in [2.45, 2.75) is 38.6 Å². The molecule has 1 saturated heterocycles. The molecule has 0 atom stereocenters. The lowest BCUT2D eigenvalue weighted by Gasteiger charge is -2.34. The van der Waals surface area contributed by atoms with E-state index in [9.17, 15) is 4.79 Å². The second-order valence-electron chi connectivity index (χ2n) is 10.8. The fourth-order valence-corrected chi connectivity index (χ4v) is 5.72. The monoisotopic (exact) mass is 571 g/mol. The Morgan fingerprint density at radius 3 is 2.54 bits per heavy atom. The van der Waals surface area contributed by atoms with Crippen LogP contribution < -0.4 is 10.5 Å². The van der Waals surface area contributed by atoms with Gasteiger partial charge in [0.2, 0.25) is 5.78 Å². The average molecular weight is 572 g/mol. The van der Waals surface area contributed by atoms with E-state index in [1.807, 2.05) is 18.2 Å². The van der Waals surface area contributed by atoms with Gasteiger partial charge in [0.15, 0.2) is 0 Å². The summed E-state index contributed by atoms with van der Waals surface area (Å²) in [6, 6.07) is 20.0. The van der Waals surface area contributed by atoms with Crippen molar-refractivity contribution in [2.75, 3.05) is 18.8 Å². The molecule has 0 saturated carbocycles. The van der Waals surface area contributed by atoms with Crippen LogP contribution >= 0.6 is 11.6 Å². The van der Waals surface area contributed by atoms with Gasteiger partial charge < -0.3 is 20.4 Å². The van der Waals surface area contributed by atoms with E-state index < -0.39 is 0 Å². The highest BCUT2D eigenvalue weighted by atomic mass is 35.5. The van der Waals surface area contributed by atoms with Gasteiger partial charge in [-0.3, -0.25) is 4.79 Å². The number of carbonyl (C=O) groups is 1. The van der Waals surface area contributed by atoms with Crippen molar-refractivity contribution in [2.24, 2.45) is 0 Å². The molecule has 0 amide bonds. The van der Waals surface area contributed by atoms with Crippen LogP contribution in [0.3, 0.4) is 0 Å². The number of rotatable bonds is 7. The Labute approximate surface area is 242 Å². The molecule has 2 aromatic heterocycles. The van der Waals surface area contributed by atoms with Crippen LogP contribution in [0.25, 0.3) is 16.6 Å². The number of nitrogens with zero attached hydrogens (tertiary/aromatic N) is 3. The van der Waals surface area contributed by atoms with Gasteiger partial charge in [-0.15, -0.1) is 0 Å². The van der Waals surface area contributed by atoms with E-state index in [1.54, 1.807) is 42.5 Å². The van der Waals surface area contributed by atoms with Gasteiger partial charge in [-0.05, 0) is 112 Å². The fourth-order valence-electron chi connectivity index (χ4n) is 5.54. The zero-order chi connectivity index (χ0) is 28.7. The van der Waals surface area contributed by atoms with Gasteiger partial charge in [-0.2, -0.15) is 5.10 Å².